The van der Waals surface area contributed by atoms with Gasteiger partial charge >= 0.3 is 0 Å². The third-order valence-electron chi connectivity index (χ3n) is 3.60. The molecule has 2 fully saturated rings. The normalized spacial score (nSPS) is 41.7. The van der Waals surface area contributed by atoms with Crippen molar-refractivity contribution in [3.8, 4) is 0 Å². The van der Waals surface area contributed by atoms with Crippen LogP contribution in [0.3, 0.4) is 0 Å². The largest absolute Gasteiger partial charge is 0.381 e. The van der Waals surface area contributed by atoms with Crippen molar-refractivity contribution in [3.63, 3.8) is 0 Å². The van der Waals surface area contributed by atoms with E-state index < -0.39 is 11.2 Å². The molecule has 2 rings (SSSR count). The van der Waals surface area contributed by atoms with E-state index in [2.05, 4.69) is 4.99 Å². The van der Waals surface area contributed by atoms with Crippen molar-refractivity contribution in [3.05, 3.63) is 0 Å². The summed E-state index contributed by atoms with van der Waals surface area (Å²) in [6.07, 6.45) is 4.09. The van der Waals surface area contributed by atoms with Crippen molar-refractivity contribution < 1.29 is 13.9 Å². The standard InChI is InChI=1S/C11H16FNO2/c1-10(12)6-11(7-10,13-8-14)9-2-4-15-5-3-9/h9H,2-7H2,1H3. The molecule has 0 unspecified atom stereocenters. The summed E-state index contributed by atoms with van der Waals surface area (Å²) in [7, 11) is 0. The van der Waals surface area contributed by atoms with E-state index in [9.17, 15) is 9.18 Å². The van der Waals surface area contributed by atoms with Gasteiger partial charge in [-0.1, -0.05) is 0 Å². The molecule has 0 aromatic rings. The van der Waals surface area contributed by atoms with Gasteiger partial charge in [0.15, 0.2) is 0 Å². The van der Waals surface area contributed by atoms with Gasteiger partial charge in [0.1, 0.15) is 5.67 Å². The number of hydrogen-bond acceptors (Lipinski definition) is 3. The summed E-state index contributed by atoms with van der Waals surface area (Å²) in [6, 6.07) is 0. The number of hydrogen-bond donors (Lipinski definition) is 0. The summed E-state index contributed by atoms with van der Waals surface area (Å²) in [4.78, 5) is 14.3. The van der Waals surface area contributed by atoms with Gasteiger partial charge in [-0.3, -0.25) is 0 Å². The Bertz CT molecular complexity index is 283. The second-order valence-corrected chi connectivity index (χ2v) is 4.96. The Morgan fingerprint density at radius 1 is 1.40 bits per heavy atom. The second-order valence-electron chi connectivity index (χ2n) is 4.96. The van der Waals surface area contributed by atoms with Crippen molar-refractivity contribution in [1.82, 2.24) is 0 Å². The van der Waals surface area contributed by atoms with Crippen LogP contribution in [0.25, 0.3) is 0 Å². The molecule has 0 amide bonds. The average molecular weight is 213 g/mol. The summed E-state index contributed by atoms with van der Waals surface area (Å²) in [5, 5.41) is 0. The number of alkyl halides is 1. The van der Waals surface area contributed by atoms with Crippen LogP contribution in [0.2, 0.25) is 0 Å². The van der Waals surface area contributed by atoms with Crippen LogP contribution in [0, 0.1) is 5.92 Å². The molecular formula is C11H16FNO2. The second kappa shape index (κ2) is 3.69. The van der Waals surface area contributed by atoms with Crippen LogP contribution < -0.4 is 0 Å². The van der Waals surface area contributed by atoms with Gasteiger partial charge in [-0.25, -0.2) is 9.18 Å². The molecule has 84 valence electrons. The molecule has 0 atom stereocenters. The van der Waals surface area contributed by atoms with Crippen LogP contribution in [-0.4, -0.2) is 30.5 Å². The third-order valence-corrected chi connectivity index (χ3v) is 3.60. The molecule has 1 saturated heterocycles. The van der Waals surface area contributed by atoms with Gasteiger partial charge in [0.05, 0.1) is 5.54 Å². The lowest BCUT2D eigenvalue weighted by Gasteiger charge is -2.51. The van der Waals surface area contributed by atoms with Crippen molar-refractivity contribution in [2.75, 3.05) is 13.2 Å². The van der Waals surface area contributed by atoms with Crippen LogP contribution in [0.15, 0.2) is 4.99 Å². The summed E-state index contributed by atoms with van der Waals surface area (Å²) in [6.45, 7) is 2.97. The summed E-state index contributed by atoms with van der Waals surface area (Å²) in [5.74, 6) is 0.288. The lowest BCUT2D eigenvalue weighted by Crippen LogP contribution is -2.56. The molecule has 0 spiro atoms. The van der Waals surface area contributed by atoms with Crippen LogP contribution in [0.4, 0.5) is 4.39 Å². The Labute approximate surface area is 88.7 Å². The lowest BCUT2D eigenvalue weighted by atomic mass is 9.59. The first-order valence-corrected chi connectivity index (χ1v) is 5.44. The van der Waals surface area contributed by atoms with E-state index in [0.717, 1.165) is 12.8 Å². The first-order chi connectivity index (χ1) is 7.08. The fourth-order valence-electron chi connectivity index (χ4n) is 3.01. The minimum absolute atomic E-state index is 0.288. The van der Waals surface area contributed by atoms with Crippen LogP contribution in [0.5, 0.6) is 0 Å². The lowest BCUT2D eigenvalue weighted by molar-refractivity contribution is -0.0583. The summed E-state index contributed by atoms with van der Waals surface area (Å²) >= 11 is 0. The summed E-state index contributed by atoms with van der Waals surface area (Å²) in [5.41, 5.74) is -1.63. The Balaban J connectivity index is 2.10. The zero-order valence-electron chi connectivity index (χ0n) is 8.96. The Hall–Kier alpha value is -0.730. The van der Waals surface area contributed by atoms with Gasteiger partial charge in [0.2, 0.25) is 6.08 Å². The first kappa shape index (κ1) is 10.8. The maximum atomic E-state index is 13.6. The summed E-state index contributed by atoms with van der Waals surface area (Å²) < 4.78 is 18.8. The fourth-order valence-corrected chi connectivity index (χ4v) is 3.01. The van der Waals surface area contributed by atoms with Gasteiger partial charge in [0, 0.05) is 26.1 Å². The Kier molecular flexibility index (Phi) is 2.65. The monoisotopic (exact) mass is 213 g/mol. The van der Waals surface area contributed by atoms with Crippen LogP contribution in [0.1, 0.15) is 32.6 Å². The molecule has 1 aliphatic carbocycles. The van der Waals surface area contributed by atoms with Gasteiger partial charge in [-0.15, -0.1) is 0 Å². The maximum absolute atomic E-state index is 13.6. The highest BCUT2D eigenvalue weighted by atomic mass is 19.1. The predicted octanol–water partition coefficient (Wildman–Crippen LogP) is 2.01. The van der Waals surface area contributed by atoms with E-state index in [1.165, 1.54) is 0 Å². The zero-order valence-corrected chi connectivity index (χ0v) is 8.96. The minimum atomic E-state index is -1.15. The highest BCUT2D eigenvalue weighted by molar-refractivity contribution is 5.37. The SMILES string of the molecule is CC1(F)CC(N=C=O)(C2CCOCC2)C1. The molecule has 3 nitrogen and oxygen atoms in total. The van der Waals surface area contributed by atoms with Crippen molar-refractivity contribution in [2.45, 2.75) is 43.8 Å². The zero-order chi connectivity index (χ0) is 10.9. The Morgan fingerprint density at radius 3 is 2.47 bits per heavy atom. The topological polar surface area (TPSA) is 38.7 Å². The molecule has 15 heavy (non-hydrogen) atoms. The average Bonchev–Trinajstić information content (AvgIpc) is 2.16. The fraction of sp³-hybridized carbons (Fsp3) is 0.909. The number of nitrogens with zero attached hydrogens (tertiary/aromatic N) is 1. The quantitative estimate of drug-likeness (QED) is 0.520. The molecule has 0 radical (unpaired) electrons. The number of carbonyl (C=O) groups excluding carboxylic acids is 1. The van der Waals surface area contributed by atoms with Gasteiger partial charge < -0.3 is 4.74 Å². The highest BCUT2D eigenvalue weighted by Gasteiger charge is 2.57. The molecule has 1 heterocycles. The molecular weight excluding hydrogens is 197 g/mol. The molecule has 0 aromatic carbocycles. The molecule has 1 aliphatic heterocycles. The van der Waals surface area contributed by atoms with E-state index in [1.807, 2.05) is 0 Å². The Morgan fingerprint density at radius 2 is 2.00 bits per heavy atom. The van der Waals surface area contributed by atoms with Crippen molar-refractivity contribution >= 4 is 6.08 Å². The van der Waals surface area contributed by atoms with Crippen molar-refractivity contribution in [2.24, 2.45) is 10.9 Å². The molecule has 1 saturated carbocycles. The van der Waals surface area contributed by atoms with Gasteiger partial charge in [0.25, 0.3) is 0 Å². The number of halogens is 1. The van der Waals surface area contributed by atoms with E-state index in [4.69, 9.17) is 4.74 Å². The first-order valence-electron chi connectivity index (χ1n) is 5.44. The van der Waals surface area contributed by atoms with Gasteiger partial charge in [-0.2, -0.15) is 4.99 Å². The van der Waals surface area contributed by atoms with E-state index in [1.54, 1.807) is 13.0 Å². The molecule has 4 heteroatoms. The molecule has 0 bridgehead atoms. The maximum Gasteiger partial charge on any atom is 0.235 e. The number of ether oxygens (including phenoxy) is 1. The number of rotatable bonds is 2. The predicted molar refractivity (Wildman–Crippen MR) is 53.1 cm³/mol. The van der Waals surface area contributed by atoms with E-state index in [-0.39, 0.29) is 5.92 Å². The number of aliphatic imine (C=N–C) groups is 1. The number of isocyanates is 1. The van der Waals surface area contributed by atoms with E-state index in [0.29, 0.717) is 26.1 Å². The van der Waals surface area contributed by atoms with Crippen LogP contribution >= 0.6 is 0 Å². The smallest absolute Gasteiger partial charge is 0.235 e. The molecule has 0 aromatic heterocycles. The minimum Gasteiger partial charge on any atom is -0.381 e. The highest BCUT2D eigenvalue weighted by Crippen LogP contribution is 2.53. The van der Waals surface area contributed by atoms with Crippen LogP contribution in [-0.2, 0) is 9.53 Å². The molecule has 2 aliphatic rings. The molecule has 0 N–H and O–H groups in total. The third kappa shape index (κ3) is 1.97. The van der Waals surface area contributed by atoms with Crippen molar-refractivity contribution in [1.29, 1.82) is 0 Å². The van der Waals surface area contributed by atoms with Gasteiger partial charge in [-0.05, 0) is 25.7 Å². The van der Waals surface area contributed by atoms with E-state index >= 15 is 0 Å².